The Morgan fingerprint density at radius 1 is 1.40 bits per heavy atom. The van der Waals surface area contributed by atoms with Gasteiger partial charge >= 0.3 is 0 Å². The number of likely N-dealkylation sites (N-methyl/N-ethyl adjacent to an activating group) is 1. The number of hydrogen-bond donors (Lipinski definition) is 1. The minimum absolute atomic E-state index is 0.0714. The Bertz CT molecular complexity index is 591. The van der Waals surface area contributed by atoms with Gasteiger partial charge in [0.15, 0.2) is 0 Å². The van der Waals surface area contributed by atoms with Crippen LogP contribution in [0.25, 0.3) is 0 Å². The highest BCUT2D eigenvalue weighted by Crippen LogP contribution is 2.28. The first-order valence-corrected chi connectivity index (χ1v) is 8.27. The van der Waals surface area contributed by atoms with Crippen LogP contribution in [0.2, 0.25) is 5.02 Å². The van der Waals surface area contributed by atoms with Gasteiger partial charge in [0.05, 0.1) is 11.6 Å². The van der Waals surface area contributed by atoms with Gasteiger partial charge in [-0.25, -0.2) is 8.42 Å². The minimum Gasteiger partial charge on any atom is -0.392 e. The number of sulfonamides is 1. The fourth-order valence-electron chi connectivity index (χ4n) is 2.45. The zero-order chi connectivity index (χ0) is 14.9. The Hall–Kier alpha value is -0.660. The van der Waals surface area contributed by atoms with Crippen molar-refractivity contribution in [1.29, 1.82) is 0 Å². The summed E-state index contributed by atoms with van der Waals surface area (Å²) in [6.45, 7) is 3.51. The molecular weight excluding hydrogens is 300 g/mol. The highest BCUT2D eigenvalue weighted by atomic mass is 35.5. The molecule has 1 N–H and O–H groups in total. The Labute approximate surface area is 124 Å². The molecule has 1 heterocycles. The number of aliphatic hydroxyl groups excluding tert-OH is 1. The molecule has 1 atom stereocenters. The van der Waals surface area contributed by atoms with Gasteiger partial charge in [-0.2, -0.15) is 4.31 Å². The van der Waals surface area contributed by atoms with Crippen LogP contribution in [0.15, 0.2) is 23.1 Å². The fourth-order valence-corrected chi connectivity index (χ4v) is 4.59. The number of piperazine rings is 1. The van der Waals surface area contributed by atoms with E-state index in [2.05, 4.69) is 4.90 Å². The normalized spacial score (nSPS) is 22.1. The van der Waals surface area contributed by atoms with Gasteiger partial charge in [-0.1, -0.05) is 17.7 Å². The van der Waals surface area contributed by atoms with Crippen LogP contribution >= 0.6 is 11.6 Å². The third-order valence-corrected chi connectivity index (χ3v) is 6.03. The van der Waals surface area contributed by atoms with E-state index >= 15 is 0 Å². The summed E-state index contributed by atoms with van der Waals surface area (Å²) in [6.07, 6.45) is 0. The molecule has 2 rings (SSSR count). The summed E-state index contributed by atoms with van der Waals surface area (Å²) in [5.74, 6) is 0. The smallest absolute Gasteiger partial charge is 0.244 e. The standard InChI is InChI=1S/C13H19ClN2O3S/c1-10-8-15(2)5-6-16(10)20(18,19)13-7-11(9-17)3-4-12(13)14/h3-4,7,10,17H,5-6,8-9H2,1-2H3. The maximum absolute atomic E-state index is 12.7. The molecule has 1 aliphatic rings. The lowest BCUT2D eigenvalue weighted by Gasteiger charge is -2.37. The maximum atomic E-state index is 12.7. The molecule has 0 saturated carbocycles. The molecule has 1 saturated heterocycles. The molecule has 0 radical (unpaired) electrons. The van der Waals surface area contributed by atoms with E-state index < -0.39 is 10.0 Å². The summed E-state index contributed by atoms with van der Waals surface area (Å²) >= 11 is 6.04. The van der Waals surface area contributed by atoms with Crippen LogP contribution < -0.4 is 0 Å². The van der Waals surface area contributed by atoms with Crippen LogP contribution in [0, 0.1) is 0 Å². The predicted octanol–water partition coefficient (Wildman–Crippen LogP) is 1.16. The highest BCUT2D eigenvalue weighted by Gasteiger charge is 2.33. The zero-order valence-electron chi connectivity index (χ0n) is 11.6. The Morgan fingerprint density at radius 3 is 2.70 bits per heavy atom. The summed E-state index contributed by atoms with van der Waals surface area (Å²) in [5.41, 5.74) is 0.537. The van der Waals surface area contributed by atoms with E-state index in [1.165, 1.54) is 16.4 Å². The van der Waals surface area contributed by atoms with Crippen molar-refractivity contribution in [3.05, 3.63) is 28.8 Å². The first kappa shape index (κ1) is 15.7. The van der Waals surface area contributed by atoms with Gasteiger partial charge in [0.25, 0.3) is 0 Å². The van der Waals surface area contributed by atoms with Crippen molar-refractivity contribution in [2.45, 2.75) is 24.5 Å². The SMILES string of the molecule is CC1CN(C)CCN1S(=O)(=O)c1cc(CO)ccc1Cl. The number of benzene rings is 1. The number of aliphatic hydroxyl groups is 1. The van der Waals surface area contributed by atoms with Crippen LogP contribution in [0.4, 0.5) is 0 Å². The van der Waals surface area contributed by atoms with Crippen LogP contribution in [-0.4, -0.2) is 55.5 Å². The zero-order valence-corrected chi connectivity index (χ0v) is 13.2. The molecule has 112 valence electrons. The summed E-state index contributed by atoms with van der Waals surface area (Å²) < 4.78 is 27.0. The van der Waals surface area contributed by atoms with Gasteiger partial charge in [-0.05, 0) is 31.7 Å². The van der Waals surface area contributed by atoms with Crippen molar-refractivity contribution in [3.63, 3.8) is 0 Å². The highest BCUT2D eigenvalue weighted by molar-refractivity contribution is 7.89. The third-order valence-electron chi connectivity index (χ3n) is 3.53. The summed E-state index contributed by atoms with van der Waals surface area (Å²) in [7, 11) is -1.66. The van der Waals surface area contributed by atoms with E-state index in [9.17, 15) is 8.42 Å². The quantitative estimate of drug-likeness (QED) is 0.908. The Kier molecular flexibility index (Phi) is 4.71. The van der Waals surface area contributed by atoms with Crippen LogP contribution in [0.5, 0.6) is 0 Å². The number of rotatable bonds is 3. The molecule has 0 aromatic heterocycles. The van der Waals surface area contributed by atoms with E-state index in [1.807, 2.05) is 14.0 Å². The van der Waals surface area contributed by atoms with Crippen molar-refractivity contribution in [2.75, 3.05) is 26.7 Å². The largest absolute Gasteiger partial charge is 0.392 e. The second-order valence-electron chi connectivity index (χ2n) is 5.15. The summed E-state index contributed by atoms with van der Waals surface area (Å²) in [6, 6.07) is 4.48. The molecule has 1 fully saturated rings. The van der Waals surface area contributed by atoms with E-state index in [-0.39, 0.29) is 22.6 Å². The maximum Gasteiger partial charge on any atom is 0.244 e. The van der Waals surface area contributed by atoms with Gasteiger partial charge in [-0.15, -0.1) is 0 Å². The topological polar surface area (TPSA) is 60.9 Å². The predicted molar refractivity (Wildman–Crippen MR) is 78.2 cm³/mol. The molecule has 1 aromatic carbocycles. The van der Waals surface area contributed by atoms with Gasteiger partial charge in [0.1, 0.15) is 4.90 Å². The van der Waals surface area contributed by atoms with Gasteiger partial charge in [0.2, 0.25) is 10.0 Å². The molecule has 20 heavy (non-hydrogen) atoms. The molecule has 0 spiro atoms. The molecule has 5 nitrogen and oxygen atoms in total. The van der Waals surface area contributed by atoms with E-state index in [1.54, 1.807) is 6.07 Å². The lowest BCUT2D eigenvalue weighted by atomic mass is 10.2. The lowest BCUT2D eigenvalue weighted by molar-refractivity contribution is 0.170. The average Bonchev–Trinajstić information content (AvgIpc) is 2.38. The summed E-state index contributed by atoms with van der Waals surface area (Å²) in [4.78, 5) is 2.17. The Balaban J connectivity index is 2.40. The number of halogens is 1. The van der Waals surface area contributed by atoms with Crippen LogP contribution in [0.1, 0.15) is 12.5 Å². The van der Waals surface area contributed by atoms with Crippen LogP contribution in [0.3, 0.4) is 0 Å². The van der Waals surface area contributed by atoms with E-state index in [0.717, 1.165) is 0 Å². The second kappa shape index (κ2) is 5.99. The van der Waals surface area contributed by atoms with Crippen molar-refractivity contribution in [2.24, 2.45) is 0 Å². The number of hydrogen-bond acceptors (Lipinski definition) is 4. The van der Waals surface area contributed by atoms with Crippen molar-refractivity contribution < 1.29 is 13.5 Å². The van der Waals surface area contributed by atoms with Gasteiger partial charge in [0, 0.05) is 25.7 Å². The molecule has 7 heteroatoms. The molecule has 0 amide bonds. The first-order valence-electron chi connectivity index (χ1n) is 6.46. The van der Waals surface area contributed by atoms with E-state index in [0.29, 0.717) is 25.2 Å². The molecule has 0 bridgehead atoms. The monoisotopic (exact) mass is 318 g/mol. The van der Waals surface area contributed by atoms with Gasteiger partial charge < -0.3 is 10.0 Å². The fraction of sp³-hybridized carbons (Fsp3) is 0.538. The van der Waals surface area contributed by atoms with Crippen molar-refractivity contribution in [3.8, 4) is 0 Å². The van der Waals surface area contributed by atoms with E-state index in [4.69, 9.17) is 16.7 Å². The van der Waals surface area contributed by atoms with Crippen molar-refractivity contribution >= 4 is 21.6 Å². The number of nitrogens with zero attached hydrogens (tertiary/aromatic N) is 2. The third kappa shape index (κ3) is 2.99. The second-order valence-corrected chi connectivity index (χ2v) is 7.42. The molecular formula is C13H19ClN2O3S. The average molecular weight is 319 g/mol. The van der Waals surface area contributed by atoms with Crippen molar-refractivity contribution in [1.82, 2.24) is 9.21 Å². The van der Waals surface area contributed by atoms with Gasteiger partial charge in [-0.3, -0.25) is 0 Å². The molecule has 0 aliphatic carbocycles. The molecule has 1 unspecified atom stereocenters. The van der Waals surface area contributed by atoms with Crippen LogP contribution in [-0.2, 0) is 16.6 Å². The molecule has 1 aromatic rings. The summed E-state index contributed by atoms with van der Waals surface area (Å²) in [5, 5.41) is 9.35. The lowest BCUT2D eigenvalue weighted by Crippen LogP contribution is -2.52. The molecule has 1 aliphatic heterocycles. The minimum atomic E-state index is -3.63. The Morgan fingerprint density at radius 2 is 2.10 bits per heavy atom. The first-order chi connectivity index (χ1) is 9.36.